The van der Waals surface area contributed by atoms with Crippen molar-refractivity contribution in [2.24, 2.45) is 46.3 Å². The molecule has 5 rings (SSSR count). The standard InChI is InChI=1S/C51H78F3NO6/c1-7-9-11-13-15-17-31-55(32-18-16-14-12-10-8-2)46(57)28-19-35(3)42-26-27-43-41-25-24-39-33-40(60-36(4)56)29-30-49(39,5)44(41)34-45(50(42,43)6)61-48(59)38-22-20-37(21-23-38)47(58)51(52,53)54/h20-23,35,39-45H,7-19,24-34H2,1-6H3/t35-,39-,40-,41+,42-,43+,44+,45+,49+,50-/m1/s1. The minimum absolute atomic E-state index is 0.00323. The summed E-state index contributed by atoms with van der Waals surface area (Å²) in [5, 5.41) is 0. The smallest absolute Gasteiger partial charge is 0.454 e. The highest BCUT2D eigenvalue weighted by molar-refractivity contribution is 6.01. The lowest BCUT2D eigenvalue weighted by molar-refractivity contribution is -0.181. The second-order valence-corrected chi connectivity index (χ2v) is 20.2. The van der Waals surface area contributed by atoms with Crippen LogP contribution in [0.1, 0.15) is 204 Å². The van der Waals surface area contributed by atoms with Gasteiger partial charge in [0.05, 0.1) is 5.56 Å². The predicted molar refractivity (Wildman–Crippen MR) is 234 cm³/mol. The molecule has 0 radical (unpaired) electrons. The van der Waals surface area contributed by atoms with Gasteiger partial charge in [-0.05, 0) is 124 Å². The molecule has 0 aliphatic heterocycles. The van der Waals surface area contributed by atoms with Crippen LogP contribution in [0.3, 0.4) is 0 Å². The third-order valence-corrected chi connectivity index (χ3v) is 16.4. The van der Waals surface area contributed by atoms with E-state index in [2.05, 4.69) is 39.5 Å². The second-order valence-electron chi connectivity index (χ2n) is 20.2. The summed E-state index contributed by atoms with van der Waals surface area (Å²) in [5.41, 5.74) is -0.740. The molecule has 4 fully saturated rings. The van der Waals surface area contributed by atoms with Gasteiger partial charge in [-0.2, -0.15) is 13.2 Å². The fraction of sp³-hybridized carbons (Fsp3) is 0.804. The maximum atomic E-state index is 14.0. The van der Waals surface area contributed by atoms with Crippen LogP contribution in [0, 0.1) is 46.3 Å². The molecule has 0 heterocycles. The van der Waals surface area contributed by atoms with E-state index >= 15 is 0 Å². The predicted octanol–water partition coefficient (Wildman–Crippen LogP) is 13.1. The lowest BCUT2D eigenvalue weighted by atomic mass is 9.43. The average Bonchev–Trinajstić information content (AvgIpc) is 3.59. The fourth-order valence-electron chi connectivity index (χ4n) is 13.0. The van der Waals surface area contributed by atoms with Crippen molar-refractivity contribution in [1.82, 2.24) is 4.90 Å². The average molecular weight is 858 g/mol. The highest BCUT2D eigenvalue weighted by atomic mass is 19.4. The van der Waals surface area contributed by atoms with Crippen LogP contribution in [0.2, 0.25) is 0 Å². The number of halogens is 3. The fourth-order valence-corrected chi connectivity index (χ4v) is 13.0. The number of unbranched alkanes of at least 4 members (excludes halogenated alkanes) is 10. The van der Waals surface area contributed by atoms with Crippen LogP contribution in [-0.4, -0.2) is 60.0 Å². The summed E-state index contributed by atoms with van der Waals surface area (Å²) in [6, 6.07) is 4.65. The Labute approximate surface area is 365 Å². The molecular weight excluding hydrogens is 780 g/mol. The van der Waals surface area contributed by atoms with E-state index in [1.54, 1.807) is 0 Å². The molecule has 1 aromatic rings. The largest absolute Gasteiger partial charge is 0.463 e. The normalized spacial score (nSPS) is 30.1. The summed E-state index contributed by atoms with van der Waals surface area (Å²) in [6.45, 7) is 14.6. The van der Waals surface area contributed by atoms with Gasteiger partial charge >= 0.3 is 18.1 Å². The summed E-state index contributed by atoms with van der Waals surface area (Å²) >= 11 is 0. The number of ether oxygens (including phenoxy) is 2. The Morgan fingerprint density at radius 2 is 1.34 bits per heavy atom. The first-order chi connectivity index (χ1) is 29.0. The van der Waals surface area contributed by atoms with Gasteiger partial charge in [-0.3, -0.25) is 14.4 Å². The Bertz CT molecular complexity index is 1580. The number of hydrogen-bond acceptors (Lipinski definition) is 6. The minimum Gasteiger partial charge on any atom is -0.463 e. The maximum Gasteiger partial charge on any atom is 0.454 e. The van der Waals surface area contributed by atoms with Crippen molar-refractivity contribution >= 4 is 23.6 Å². The number of alkyl halides is 3. The molecule has 10 atom stereocenters. The van der Waals surface area contributed by atoms with E-state index < -0.39 is 29.6 Å². The number of esters is 2. The lowest BCUT2D eigenvalue weighted by Gasteiger charge is -2.62. The topological polar surface area (TPSA) is 90.0 Å². The number of rotatable bonds is 22. The molecular formula is C51H78F3NO6. The van der Waals surface area contributed by atoms with E-state index in [-0.39, 0.29) is 46.2 Å². The molecule has 4 aliphatic carbocycles. The number of amides is 1. The molecule has 0 aromatic heterocycles. The maximum absolute atomic E-state index is 14.0. The monoisotopic (exact) mass is 858 g/mol. The zero-order valence-electron chi connectivity index (χ0n) is 38.4. The molecule has 344 valence electrons. The number of carbonyl (C=O) groups excluding carboxylic acids is 4. The van der Waals surface area contributed by atoms with Gasteiger partial charge in [-0.25, -0.2) is 4.79 Å². The molecule has 7 nitrogen and oxygen atoms in total. The molecule has 4 saturated carbocycles. The first-order valence-electron chi connectivity index (χ1n) is 24.4. The third kappa shape index (κ3) is 12.0. The Balaban J connectivity index is 1.33. The Morgan fingerprint density at radius 3 is 1.93 bits per heavy atom. The molecule has 1 aromatic carbocycles. The molecule has 10 heteroatoms. The van der Waals surface area contributed by atoms with Crippen molar-refractivity contribution in [3.63, 3.8) is 0 Å². The molecule has 1 amide bonds. The van der Waals surface area contributed by atoms with Crippen LogP contribution in [0.15, 0.2) is 24.3 Å². The van der Waals surface area contributed by atoms with Crippen molar-refractivity contribution in [2.45, 2.75) is 201 Å². The van der Waals surface area contributed by atoms with Crippen molar-refractivity contribution < 1.29 is 41.8 Å². The van der Waals surface area contributed by atoms with Crippen LogP contribution in [0.4, 0.5) is 13.2 Å². The minimum atomic E-state index is -5.01. The van der Waals surface area contributed by atoms with E-state index in [0.29, 0.717) is 36.5 Å². The number of benzene rings is 1. The number of fused-ring (bicyclic) bond motifs is 5. The van der Waals surface area contributed by atoms with Crippen LogP contribution >= 0.6 is 0 Å². The van der Waals surface area contributed by atoms with E-state index in [9.17, 15) is 32.3 Å². The number of Topliss-reactive ketones (excluding diaryl/α,β-unsaturated/α-hetero) is 1. The van der Waals surface area contributed by atoms with Gasteiger partial charge in [0.25, 0.3) is 5.78 Å². The van der Waals surface area contributed by atoms with Crippen LogP contribution in [0.25, 0.3) is 0 Å². The summed E-state index contributed by atoms with van der Waals surface area (Å²) < 4.78 is 51.9. The molecule has 4 aliphatic rings. The van der Waals surface area contributed by atoms with E-state index in [0.717, 1.165) is 102 Å². The Kier molecular flexibility index (Phi) is 17.8. The van der Waals surface area contributed by atoms with Crippen molar-refractivity contribution in [2.75, 3.05) is 13.1 Å². The molecule has 0 N–H and O–H groups in total. The zero-order chi connectivity index (χ0) is 44.4. The zero-order valence-corrected chi connectivity index (χ0v) is 38.4. The first kappa shape index (κ1) is 49.1. The molecule has 0 spiro atoms. The number of nitrogens with zero attached hydrogens (tertiary/aromatic N) is 1. The number of ketones is 1. The van der Waals surface area contributed by atoms with Crippen molar-refractivity contribution in [1.29, 1.82) is 0 Å². The van der Waals surface area contributed by atoms with Gasteiger partial charge in [-0.15, -0.1) is 0 Å². The van der Waals surface area contributed by atoms with Crippen molar-refractivity contribution in [3.8, 4) is 0 Å². The van der Waals surface area contributed by atoms with Crippen LogP contribution in [0.5, 0.6) is 0 Å². The molecule has 61 heavy (non-hydrogen) atoms. The Morgan fingerprint density at radius 1 is 0.754 bits per heavy atom. The van der Waals surface area contributed by atoms with Gasteiger partial charge in [0.2, 0.25) is 5.91 Å². The van der Waals surface area contributed by atoms with Gasteiger partial charge in [-0.1, -0.05) is 111 Å². The number of hydrogen-bond donors (Lipinski definition) is 0. The van der Waals surface area contributed by atoms with Gasteiger partial charge in [0, 0.05) is 37.4 Å². The van der Waals surface area contributed by atoms with Gasteiger partial charge < -0.3 is 14.4 Å². The number of carbonyl (C=O) groups is 4. The van der Waals surface area contributed by atoms with E-state index in [1.165, 1.54) is 70.4 Å². The summed E-state index contributed by atoms with van der Waals surface area (Å²) in [5.74, 6) is -0.588. The van der Waals surface area contributed by atoms with E-state index in [4.69, 9.17) is 9.47 Å². The summed E-state index contributed by atoms with van der Waals surface area (Å²) in [6.07, 6.45) is 17.6. The second kappa shape index (κ2) is 22.1. The summed E-state index contributed by atoms with van der Waals surface area (Å²) in [7, 11) is 0. The van der Waals surface area contributed by atoms with Crippen LogP contribution in [-0.2, 0) is 19.1 Å². The lowest BCUT2D eigenvalue weighted by Crippen LogP contribution is -2.59. The SMILES string of the molecule is CCCCCCCCN(CCCCCCCC)C(=O)CC[C@@H](C)[C@H]1CC[C@H]2[C@@H]3CC[C@@H]4C[C@H](OC(C)=O)CC[C@]4(C)[C@H]3C[C@H](OC(=O)c3ccc(C(=O)C(F)(F)F)cc3)[C@]12C. The van der Waals surface area contributed by atoms with Crippen molar-refractivity contribution in [3.05, 3.63) is 35.4 Å². The molecule has 0 bridgehead atoms. The third-order valence-electron chi connectivity index (χ3n) is 16.4. The van der Waals surface area contributed by atoms with E-state index in [1.807, 2.05) is 0 Å². The van der Waals surface area contributed by atoms with Gasteiger partial charge in [0.15, 0.2) is 0 Å². The highest BCUT2D eigenvalue weighted by Crippen LogP contribution is 2.69. The van der Waals surface area contributed by atoms with Crippen LogP contribution < -0.4 is 0 Å². The highest BCUT2D eigenvalue weighted by Gasteiger charge is 2.65. The van der Waals surface area contributed by atoms with Gasteiger partial charge in [0.1, 0.15) is 12.2 Å². The first-order valence-corrected chi connectivity index (χ1v) is 24.4. The summed E-state index contributed by atoms with van der Waals surface area (Å²) in [4.78, 5) is 54.0. The molecule has 0 saturated heterocycles. The quantitative estimate of drug-likeness (QED) is 0.0655. The molecule has 0 unspecified atom stereocenters. The Hall–Kier alpha value is -2.91.